The van der Waals surface area contributed by atoms with Gasteiger partial charge in [-0.15, -0.1) is 0 Å². The Balaban J connectivity index is 3.04. The highest BCUT2D eigenvalue weighted by Crippen LogP contribution is 2.19. The van der Waals surface area contributed by atoms with Crippen LogP contribution in [-0.4, -0.2) is 28.4 Å². The molecule has 1 aromatic carbocycles. The van der Waals surface area contributed by atoms with E-state index >= 15 is 0 Å². The molecule has 1 aromatic rings. The van der Waals surface area contributed by atoms with E-state index in [1.54, 1.807) is 24.3 Å². The van der Waals surface area contributed by atoms with Gasteiger partial charge in [0.15, 0.2) is 0 Å². The lowest BCUT2D eigenvalue weighted by Gasteiger charge is -2.16. The molecule has 0 atom stereocenters. The fraction of sp³-hybridized carbons (Fsp3) is 0.222. The fourth-order valence-electron chi connectivity index (χ4n) is 0.959. The van der Waals surface area contributed by atoms with Crippen LogP contribution in [0.25, 0.3) is 0 Å². The van der Waals surface area contributed by atoms with Crippen molar-refractivity contribution in [3.63, 3.8) is 0 Å². The number of rotatable bonds is 3. The summed E-state index contributed by atoms with van der Waals surface area (Å²) in [5.74, 6) is 0. The van der Waals surface area contributed by atoms with Crippen molar-refractivity contribution in [2.24, 2.45) is 4.99 Å². The largest absolute Gasteiger partial charge is 0.274 e. The molecule has 5 heteroatoms. The maximum atomic E-state index is 11.2. The SMILES string of the molecule is C=Nc1ccc(N(C)S(C)(=O)=O)cc1. The number of hydrogen-bond donors (Lipinski definition) is 0. The van der Waals surface area contributed by atoms with Gasteiger partial charge in [0.25, 0.3) is 0 Å². The average Bonchev–Trinajstić information content (AvgIpc) is 2.15. The van der Waals surface area contributed by atoms with Gasteiger partial charge in [-0.1, -0.05) is 0 Å². The number of anilines is 1. The van der Waals surface area contributed by atoms with Crippen molar-refractivity contribution in [3.05, 3.63) is 24.3 Å². The third-order valence-electron chi connectivity index (χ3n) is 1.89. The third-order valence-corrected chi connectivity index (χ3v) is 3.10. The van der Waals surface area contributed by atoms with Gasteiger partial charge in [0.2, 0.25) is 10.0 Å². The normalized spacial score (nSPS) is 11.0. The summed E-state index contributed by atoms with van der Waals surface area (Å²) >= 11 is 0. The quantitative estimate of drug-likeness (QED) is 0.711. The van der Waals surface area contributed by atoms with Gasteiger partial charge in [0.05, 0.1) is 17.6 Å². The minimum absolute atomic E-state index is 0.611. The summed E-state index contributed by atoms with van der Waals surface area (Å²) < 4.78 is 23.6. The molecule has 0 bridgehead atoms. The molecular weight excluding hydrogens is 200 g/mol. The molecule has 0 amide bonds. The van der Waals surface area contributed by atoms with Crippen LogP contribution in [-0.2, 0) is 10.0 Å². The molecular formula is C9H12N2O2S. The summed E-state index contributed by atoms with van der Waals surface area (Å²) in [7, 11) is -1.68. The van der Waals surface area contributed by atoms with Crippen LogP contribution < -0.4 is 4.31 Å². The summed E-state index contributed by atoms with van der Waals surface area (Å²) in [6, 6.07) is 6.80. The first kappa shape index (κ1) is 10.7. The number of aliphatic imine (C=N–C) groups is 1. The van der Waals surface area contributed by atoms with E-state index in [1.165, 1.54) is 11.4 Å². The van der Waals surface area contributed by atoms with Crippen LogP contribution >= 0.6 is 0 Å². The first-order valence-corrected chi connectivity index (χ1v) is 5.80. The molecule has 0 saturated heterocycles. The van der Waals surface area contributed by atoms with E-state index in [9.17, 15) is 8.42 Å². The van der Waals surface area contributed by atoms with E-state index in [1.807, 2.05) is 0 Å². The lowest BCUT2D eigenvalue weighted by atomic mass is 10.3. The molecule has 0 aliphatic carbocycles. The lowest BCUT2D eigenvalue weighted by molar-refractivity contribution is 0.600. The Bertz CT molecular complexity index is 423. The van der Waals surface area contributed by atoms with Crippen molar-refractivity contribution in [1.29, 1.82) is 0 Å². The highest BCUT2D eigenvalue weighted by Gasteiger charge is 2.10. The molecule has 1 rings (SSSR count). The van der Waals surface area contributed by atoms with Crippen LogP contribution in [0.1, 0.15) is 0 Å². The Morgan fingerprint density at radius 1 is 1.29 bits per heavy atom. The van der Waals surface area contributed by atoms with Crippen molar-refractivity contribution in [2.45, 2.75) is 0 Å². The predicted octanol–water partition coefficient (Wildman–Crippen LogP) is 1.41. The summed E-state index contributed by atoms with van der Waals surface area (Å²) in [6.07, 6.45) is 1.16. The van der Waals surface area contributed by atoms with Crippen LogP contribution in [0.5, 0.6) is 0 Å². The molecule has 0 fully saturated rings. The highest BCUT2D eigenvalue weighted by atomic mass is 32.2. The molecule has 76 valence electrons. The van der Waals surface area contributed by atoms with Crippen molar-refractivity contribution in [3.8, 4) is 0 Å². The van der Waals surface area contributed by atoms with Gasteiger partial charge in [-0.05, 0) is 31.0 Å². The van der Waals surface area contributed by atoms with Crippen molar-refractivity contribution in [1.82, 2.24) is 0 Å². The van der Waals surface area contributed by atoms with E-state index < -0.39 is 10.0 Å². The van der Waals surface area contributed by atoms with E-state index in [4.69, 9.17) is 0 Å². The van der Waals surface area contributed by atoms with Crippen molar-refractivity contribution in [2.75, 3.05) is 17.6 Å². The van der Waals surface area contributed by atoms with Gasteiger partial charge in [-0.25, -0.2) is 8.42 Å². The van der Waals surface area contributed by atoms with Crippen molar-refractivity contribution >= 4 is 28.1 Å². The maximum absolute atomic E-state index is 11.2. The van der Waals surface area contributed by atoms with E-state index in [-0.39, 0.29) is 0 Å². The third kappa shape index (κ3) is 2.32. The Morgan fingerprint density at radius 2 is 1.79 bits per heavy atom. The molecule has 0 N–H and O–H groups in total. The zero-order valence-corrected chi connectivity index (χ0v) is 8.95. The molecule has 0 saturated carbocycles. The Kier molecular flexibility index (Phi) is 2.90. The van der Waals surface area contributed by atoms with Gasteiger partial charge in [-0.2, -0.15) is 0 Å². The molecule has 0 unspecified atom stereocenters. The van der Waals surface area contributed by atoms with Gasteiger partial charge in [0.1, 0.15) is 0 Å². The minimum Gasteiger partial charge on any atom is -0.274 e. The molecule has 0 aliphatic heterocycles. The van der Waals surface area contributed by atoms with E-state index in [2.05, 4.69) is 11.7 Å². The maximum Gasteiger partial charge on any atom is 0.231 e. The summed E-state index contributed by atoms with van der Waals surface area (Å²) in [5.41, 5.74) is 1.33. The summed E-state index contributed by atoms with van der Waals surface area (Å²) in [6.45, 7) is 3.37. The topological polar surface area (TPSA) is 49.7 Å². The Morgan fingerprint density at radius 3 is 2.14 bits per heavy atom. The summed E-state index contributed by atoms with van der Waals surface area (Å²) in [4.78, 5) is 3.72. The van der Waals surface area contributed by atoms with E-state index in [0.717, 1.165) is 11.9 Å². The summed E-state index contributed by atoms with van der Waals surface area (Å²) in [5, 5.41) is 0. The zero-order valence-electron chi connectivity index (χ0n) is 8.14. The van der Waals surface area contributed by atoms with E-state index in [0.29, 0.717) is 5.69 Å². The molecule has 0 heterocycles. The minimum atomic E-state index is -3.19. The monoisotopic (exact) mass is 212 g/mol. The van der Waals surface area contributed by atoms with Crippen LogP contribution in [0, 0.1) is 0 Å². The van der Waals surface area contributed by atoms with Gasteiger partial charge in [0, 0.05) is 7.05 Å². The molecule has 0 aliphatic rings. The second-order valence-electron chi connectivity index (χ2n) is 2.90. The smallest absolute Gasteiger partial charge is 0.231 e. The Hall–Kier alpha value is -1.36. The van der Waals surface area contributed by atoms with Gasteiger partial charge < -0.3 is 0 Å². The van der Waals surface area contributed by atoms with Crippen LogP contribution in [0.4, 0.5) is 11.4 Å². The zero-order chi connectivity index (χ0) is 10.8. The number of nitrogens with zero attached hydrogens (tertiary/aromatic N) is 2. The van der Waals surface area contributed by atoms with Crippen LogP contribution in [0.2, 0.25) is 0 Å². The predicted molar refractivity (Wildman–Crippen MR) is 58.9 cm³/mol. The molecule has 4 nitrogen and oxygen atoms in total. The second-order valence-corrected chi connectivity index (χ2v) is 4.92. The molecule has 0 spiro atoms. The Labute approximate surface area is 83.9 Å². The fourth-order valence-corrected chi connectivity index (χ4v) is 1.46. The average molecular weight is 212 g/mol. The number of hydrogen-bond acceptors (Lipinski definition) is 3. The van der Waals surface area contributed by atoms with Crippen molar-refractivity contribution < 1.29 is 8.42 Å². The highest BCUT2D eigenvalue weighted by molar-refractivity contribution is 7.92. The van der Waals surface area contributed by atoms with Gasteiger partial charge >= 0.3 is 0 Å². The first-order valence-electron chi connectivity index (χ1n) is 3.96. The number of benzene rings is 1. The molecule has 0 radical (unpaired) electrons. The van der Waals surface area contributed by atoms with Crippen LogP contribution in [0.15, 0.2) is 29.3 Å². The molecule has 0 aromatic heterocycles. The first-order chi connectivity index (χ1) is 6.45. The lowest BCUT2D eigenvalue weighted by Crippen LogP contribution is -2.24. The molecule has 14 heavy (non-hydrogen) atoms. The number of sulfonamides is 1. The second kappa shape index (κ2) is 3.79. The van der Waals surface area contributed by atoms with Gasteiger partial charge in [-0.3, -0.25) is 9.30 Å². The standard InChI is InChI=1S/C9H12N2O2S/c1-10-8-4-6-9(7-5-8)11(2)14(3,12)13/h4-7H,1H2,2-3H3. The van der Waals surface area contributed by atoms with Crippen LogP contribution in [0.3, 0.4) is 0 Å².